The Hall–Kier alpha value is -1.47. The Balaban J connectivity index is 3.12. The Morgan fingerprint density at radius 2 is 1.95 bits per heavy atom. The third-order valence-corrected chi connectivity index (χ3v) is 4.82. The van der Waals surface area contributed by atoms with E-state index in [1.165, 1.54) is 0 Å². The summed E-state index contributed by atoms with van der Waals surface area (Å²) >= 11 is 0. The summed E-state index contributed by atoms with van der Waals surface area (Å²) in [5.74, 6) is -1.36. The second-order valence-electron chi connectivity index (χ2n) is 4.67. The van der Waals surface area contributed by atoms with Gasteiger partial charge in [0, 0.05) is 6.54 Å². The van der Waals surface area contributed by atoms with Crippen LogP contribution in [0.3, 0.4) is 0 Å². The Bertz CT molecular complexity index is 597. The lowest BCUT2D eigenvalue weighted by Gasteiger charge is -2.15. The Labute approximate surface area is 124 Å². The predicted molar refractivity (Wildman–Crippen MR) is 77.0 cm³/mol. The van der Waals surface area contributed by atoms with Crippen molar-refractivity contribution in [3.8, 4) is 0 Å². The topological polar surface area (TPSA) is 72.5 Å². The molecule has 0 aliphatic heterocycles. The average molecular weight is 317 g/mol. The number of hydrogen-bond donors (Lipinski definition) is 1. The summed E-state index contributed by atoms with van der Waals surface area (Å²) in [6.45, 7) is 4.17. The van der Waals surface area contributed by atoms with Gasteiger partial charge < -0.3 is 4.74 Å². The summed E-state index contributed by atoms with van der Waals surface area (Å²) in [5, 5.41) is 0. The standard InChI is InChI=1S/C14H20FNO4S/c1-4-10(5-2)9-16-21(18,19)13-8-11(15)6-7-12(13)14(17)20-3/h6-8,10,16H,4-5,9H2,1-3H3. The maximum atomic E-state index is 13.3. The van der Waals surface area contributed by atoms with E-state index in [4.69, 9.17) is 0 Å². The van der Waals surface area contributed by atoms with Crippen molar-refractivity contribution in [2.75, 3.05) is 13.7 Å². The predicted octanol–water partition coefficient (Wildman–Crippen LogP) is 2.33. The molecular weight excluding hydrogens is 297 g/mol. The molecule has 0 unspecified atom stereocenters. The SMILES string of the molecule is CCC(CC)CNS(=O)(=O)c1cc(F)ccc1C(=O)OC. The highest BCUT2D eigenvalue weighted by Gasteiger charge is 2.24. The normalized spacial score (nSPS) is 11.7. The van der Waals surface area contributed by atoms with Crippen LogP contribution in [-0.2, 0) is 14.8 Å². The van der Waals surface area contributed by atoms with E-state index in [2.05, 4.69) is 9.46 Å². The summed E-state index contributed by atoms with van der Waals surface area (Å²) in [5.41, 5.74) is -0.184. The molecule has 7 heteroatoms. The molecule has 1 rings (SSSR count). The molecule has 0 heterocycles. The third-order valence-electron chi connectivity index (χ3n) is 3.36. The number of halogens is 1. The number of hydrogen-bond acceptors (Lipinski definition) is 4. The molecule has 0 amide bonds. The van der Waals surface area contributed by atoms with E-state index in [0.717, 1.165) is 38.2 Å². The van der Waals surface area contributed by atoms with Crippen molar-refractivity contribution in [2.24, 2.45) is 5.92 Å². The fraction of sp³-hybridized carbons (Fsp3) is 0.500. The van der Waals surface area contributed by atoms with Crippen LogP contribution in [-0.4, -0.2) is 28.0 Å². The summed E-state index contributed by atoms with van der Waals surface area (Å²) < 4.78 is 44.8. The first kappa shape index (κ1) is 17.6. The van der Waals surface area contributed by atoms with Crippen LogP contribution in [0.1, 0.15) is 37.0 Å². The van der Waals surface area contributed by atoms with Crippen LogP contribution in [0.25, 0.3) is 0 Å². The van der Waals surface area contributed by atoms with Gasteiger partial charge in [-0.15, -0.1) is 0 Å². The number of ether oxygens (including phenoxy) is 1. The number of nitrogens with one attached hydrogen (secondary N) is 1. The van der Waals surface area contributed by atoms with Gasteiger partial charge in [-0.3, -0.25) is 0 Å². The Morgan fingerprint density at radius 1 is 1.33 bits per heavy atom. The Kier molecular flexibility index (Phi) is 6.29. The fourth-order valence-electron chi connectivity index (χ4n) is 1.88. The summed E-state index contributed by atoms with van der Waals surface area (Å²) in [6, 6.07) is 2.94. The van der Waals surface area contributed by atoms with Gasteiger partial charge in [0.1, 0.15) is 5.82 Å². The molecule has 0 aliphatic rings. The number of sulfonamides is 1. The number of carbonyl (C=O) groups excluding carboxylic acids is 1. The van der Waals surface area contributed by atoms with Crippen molar-refractivity contribution in [1.29, 1.82) is 0 Å². The second kappa shape index (κ2) is 7.51. The van der Waals surface area contributed by atoms with E-state index < -0.39 is 26.7 Å². The minimum atomic E-state index is -3.97. The van der Waals surface area contributed by atoms with E-state index in [1.807, 2.05) is 13.8 Å². The molecule has 0 saturated carbocycles. The molecule has 1 aromatic rings. The molecule has 0 saturated heterocycles. The minimum absolute atomic E-state index is 0.184. The quantitative estimate of drug-likeness (QED) is 0.783. The van der Waals surface area contributed by atoms with Crippen molar-refractivity contribution in [3.05, 3.63) is 29.6 Å². The third kappa shape index (κ3) is 4.50. The number of methoxy groups -OCH3 is 1. The number of rotatable bonds is 7. The highest BCUT2D eigenvalue weighted by atomic mass is 32.2. The zero-order valence-corrected chi connectivity index (χ0v) is 13.2. The number of benzene rings is 1. The second-order valence-corrected chi connectivity index (χ2v) is 6.40. The van der Waals surface area contributed by atoms with Crippen LogP contribution in [0, 0.1) is 11.7 Å². The molecule has 0 aromatic heterocycles. The van der Waals surface area contributed by atoms with Gasteiger partial charge in [0.2, 0.25) is 10.0 Å². The molecule has 118 valence electrons. The number of esters is 1. The van der Waals surface area contributed by atoms with Crippen LogP contribution in [0.5, 0.6) is 0 Å². The van der Waals surface area contributed by atoms with Crippen molar-refractivity contribution in [3.63, 3.8) is 0 Å². The molecule has 0 aliphatic carbocycles. The van der Waals surface area contributed by atoms with Gasteiger partial charge in [0.05, 0.1) is 17.6 Å². The molecule has 0 bridgehead atoms. The first-order chi connectivity index (χ1) is 9.85. The van der Waals surface area contributed by atoms with Crippen LogP contribution >= 0.6 is 0 Å². The van der Waals surface area contributed by atoms with Gasteiger partial charge in [0.25, 0.3) is 0 Å². The smallest absolute Gasteiger partial charge is 0.339 e. The van der Waals surface area contributed by atoms with Crippen molar-refractivity contribution in [1.82, 2.24) is 4.72 Å². The lowest BCUT2D eigenvalue weighted by Crippen LogP contribution is -2.30. The highest BCUT2D eigenvalue weighted by molar-refractivity contribution is 7.89. The van der Waals surface area contributed by atoms with E-state index in [0.29, 0.717) is 0 Å². The monoisotopic (exact) mass is 317 g/mol. The van der Waals surface area contributed by atoms with Crippen molar-refractivity contribution in [2.45, 2.75) is 31.6 Å². The fourth-order valence-corrected chi connectivity index (χ4v) is 3.20. The first-order valence-corrected chi connectivity index (χ1v) is 8.21. The van der Waals surface area contributed by atoms with Gasteiger partial charge in [-0.05, 0) is 24.1 Å². The van der Waals surface area contributed by atoms with Crippen LogP contribution in [0.15, 0.2) is 23.1 Å². The summed E-state index contributed by atoms with van der Waals surface area (Å²) in [6.07, 6.45) is 1.65. The first-order valence-electron chi connectivity index (χ1n) is 6.73. The van der Waals surface area contributed by atoms with Crippen molar-refractivity contribution >= 4 is 16.0 Å². The molecule has 5 nitrogen and oxygen atoms in total. The zero-order valence-electron chi connectivity index (χ0n) is 12.3. The van der Waals surface area contributed by atoms with Gasteiger partial charge in [-0.25, -0.2) is 22.3 Å². The molecule has 1 aromatic carbocycles. The van der Waals surface area contributed by atoms with Gasteiger partial charge >= 0.3 is 5.97 Å². The molecule has 0 fully saturated rings. The summed E-state index contributed by atoms with van der Waals surface area (Å²) in [4.78, 5) is 11.2. The van der Waals surface area contributed by atoms with Crippen LogP contribution in [0.4, 0.5) is 4.39 Å². The maximum Gasteiger partial charge on any atom is 0.339 e. The van der Waals surface area contributed by atoms with Crippen molar-refractivity contribution < 1.29 is 22.3 Å². The van der Waals surface area contributed by atoms with Gasteiger partial charge in [0.15, 0.2) is 0 Å². The molecule has 21 heavy (non-hydrogen) atoms. The molecule has 0 radical (unpaired) electrons. The van der Waals surface area contributed by atoms with E-state index >= 15 is 0 Å². The number of carbonyl (C=O) groups is 1. The minimum Gasteiger partial charge on any atom is -0.465 e. The van der Waals surface area contributed by atoms with Gasteiger partial charge in [-0.1, -0.05) is 26.7 Å². The Morgan fingerprint density at radius 3 is 2.48 bits per heavy atom. The van der Waals surface area contributed by atoms with E-state index in [9.17, 15) is 17.6 Å². The van der Waals surface area contributed by atoms with Crippen LogP contribution < -0.4 is 4.72 Å². The van der Waals surface area contributed by atoms with E-state index in [-0.39, 0.29) is 18.0 Å². The molecule has 0 spiro atoms. The average Bonchev–Trinajstić information content (AvgIpc) is 2.47. The van der Waals surface area contributed by atoms with E-state index in [1.54, 1.807) is 0 Å². The van der Waals surface area contributed by atoms with Gasteiger partial charge in [-0.2, -0.15) is 0 Å². The molecule has 0 atom stereocenters. The lowest BCUT2D eigenvalue weighted by atomic mass is 10.0. The summed E-state index contributed by atoms with van der Waals surface area (Å²) in [7, 11) is -2.84. The molecule has 1 N–H and O–H groups in total. The molecular formula is C14H20FNO4S. The zero-order chi connectivity index (χ0) is 16.0. The lowest BCUT2D eigenvalue weighted by molar-refractivity contribution is 0.0596. The highest BCUT2D eigenvalue weighted by Crippen LogP contribution is 2.19. The maximum absolute atomic E-state index is 13.3. The van der Waals surface area contributed by atoms with Crippen LogP contribution in [0.2, 0.25) is 0 Å². The largest absolute Gasteiger partial charge is 0.465 e.